The van der Waals surface area contributed by atoms with Gasteiger partial charge >= 0.3 is 58.4 Å². The molecule has 0 atom stereocenters. The van der Waals surface area contributed by atoms with Gasteiger partial charge in [0.1, 0.15) is 0 Å². The topological polar surface area (TPSA) is 0 Å². The largest absolute Gasteiger partial charge is 1.00 e. The van der Waals surface area contributed by atoms with Crippen molar-refractivity contribution < 1.29 is 64.3 Å². The van der Waals surface area contributed by atoms with Crippen molar-refractivity contribution in [1.29, 1.82) is 0 Å². The van der Waals surface area contributed by atoms with Crippen LogP contribution in [0.1, 0.15) is 5.56 Å². The first kappa shape index (κ1) is 14.5. The van der Waals surface area contributed by atoms with E-state index in [0.717, 1.165) is 16.2 Å². The van der Waals surface area contributed by atoms with E-state index in [1.807, 2.05) is 17.5 Å². The Balaban J connectivity index is 0.00000128. The molecule has 0 aliphatic rings. The normalized spacial score (nSPS) is 11.9. The number of halogens is 3. The quantitative estimate of drug-likeness (QED) is 0.719. The fourth-order valence-corrected chi connectivity index (χ4v) is 2.08. The Morgan fingerprint density at radius 1 is 1.12 bits per heavy atom. The third kappa shape index (κ3) is 4.01. The van der Waals surface area contributed by atoms with Gasteiger partial charge in [0, 0.05) is 4.70 Å². The Labute approximate surface area is 138 Å². The average molecular weight is 266 g/mol. The van der Waals surface area contributed by atoms with Gasteiger partial charge in [-0.2, -0.15) is 0 Å². The Bertz CT molecular complexity index is 504. The molecule has 1 heterocycles. The fraction of sp³-hybridized carbons (Fsp3) is 0. The molecule has 0 nitrogen and oxygen atoms in total. The van der Waals surface area contributed by atoms with Crippen LogP contribution >= 0.6 is 11.3 Å². The van der Waals surface area contributed by atoms with E-state index in [0.29, 0.717) is 11.5 Å². The summed E-state index contributed by atoms with van der Waals surface area (Å²) in [5.74, 6) is 0.313. The molecule has 0 spiro atoms. The zero-order valence-electron chi connectivity index (χ0n) is 8.66. The SMILES string of the molecule is F[B-](F)(F)/C=C/c1ccc2sccc2c1.[K+]. The summed E-state index contributed by atoms with van der Waals surface area (Å²) in [6.45, 7) is -4.84. The molecule has 0 radical (unpaired) electrons. The van der Waals surface area contributed by atoms with Crippen LogP contribution in [0.2, 0.25) is 0 Å². The minimum absolute atomic E-state index is 0. The van der Waals surface area contributed by atoms with E-state index in [2.05, 4.69) is 0 Å². The van der Waals surface area contributed by atoms with E-state index in [-0.39, 0.29) is 51.4 Å². The van der Waals surface area contributed by atoms with Gasteiger partial charge in [0.25, 0.3) is 0 Å². The van der Waals surface area contributed by atoms with Crippen LogP contribution < -0.4 is 51.4 Å². The predicted octanol–water partition coefficient (Wildman–Crippen LogP) is 1.31. The van der Waals surface area contributed by atoms with Crippen LogP contribution in [-0.4, -0.2) is 6.98 Å². The van der Waals surface area contributed by atoms with Crippen molar-refractivity contribution >= 4 is 34.5 Å². The molecule has 1 aromatic carbocycles. The van der Waals surface area contributed by atoms with Gasteiger partial charge in [-0.1, -0.05) is 12.1 Å². The van der Waals surface area contributed by atoms with Crippen LogP contribution in [0, 0.1) is 0 Å². The molecule has 6 heteroatoms. The van der Waals surface area contributed by atoms with Crippen molar-refractivity contribution in [2.24, 2.45) is 0 Å². The zero-order valence-corrected chi connectivity index (χ0v) is 12.6. The van der Waals surface area contributed by atoms with Gasteiger partial charge in [-0.15, -0.1) is 17.3 Å². The van der Waals surface area contributed by atoms with Gasteiger partial charge in [0.15, 0.2) is 0 Å². The van der Waals surface area contributed by atoms with Crippen LogP contribution in [0.4, 0.5) is 12.9 Å². The van der Waals surface area contributed by atoms with Crippen molar-refractivity contribution in [3.63, 3.8) is 0 Å². The van der Waals surface area contributed by atoms with Crippen LogP contribution in [0.3, 0.4) is 0 Å². The molecule has 0 amide bonds. The van der Waals surface area contributed by atoms with Crippen LogP contribution in [0.25, 0.3) is 16.2 Å². The average Bonchev–Trinajstić information content (AvgIpc) is 2.60. The van der Waals surface area contributed by atoms with E-state index >= 15 is 0 Å². The second kappa shape index (κ2) is 5.84. The summed E-state index contributed by atoms with van der Waals surface area (Å²) in [5.41, 5.74) is 0.583. The maximum absolute atomic E-state index is 12.0. The number of hydrogen-bond acceptors (Lipinski definition) is 1. The number of fused-ring (bicyclic) bond motifs is 1. The van der Waals surface area contributed by atoms with E-state index in [4.69, 9.17) is 0 Å². The first-order chi connectivity index (χ1) is 7.04. The van der Waals surface area contributed by atoms with Crippen molar-refractivity contribution in [3.8, 4) is 0 Å². The van der Waals surface area contributed by atoms with Crippen molar-refractivity contribution in [2.75, 3.05) is 0 Å². The van der Waals surface area contributed by atoms with Gasteiger partial charge in [-0.05, 0) is 34.5 Å². The summed E-state index contributed by atoms with van der Waals surface area (Å²) in [7, 11) is 0. The van der Waals surface area contributed by atoms with Crippen molar-refractivity contribution in [2.45, 2.75) is 0 Å². The van der Waals surface area contributed by atoms with Gasteiger partial charge in [-0.3, -0.25) is 0 Å². The summed E-state index contributed by atoms with van der Waals surface area (Å²) >= 11 is 1.58. The zero-order chi connectivity index (χ0) is 10.9. The Kier molecular flexibility index (Phi) is 5.28. The molecule has 0 aliphatic heterocycles. The Morgan fingerprint density at radius 2 is 1.88 bits per heavy atom. The molecule has 0 fully saturated rings. The second-order valence-electron chi connectivity index (χ2n) is 3.20. The maximum atomic E-state index is 12.0. The third-order valence-electron chi connectivity index (χ3n) is 1.98. The maximum Gasteiger partial charge on any atom is 1.00 e. The second-order valence-corrected chi connectivity index (χ2v) is 4.15. The number of rotatable bonds is 2. The van der Waals surface area contributed by atoms with Crippen molar-refractivity contribution in [3.05, 3.63) is 41.2 Å². The molecular formula is C10H7BF3KS. The monoisotopic (exact) mass is 266 g/mol. The first-order valence-corrected chi connectivity index (χ1v) is 5.29. The number of thiophene rings is 1. The van der Waals surface area contributed by atoms with Gasteiger partial charge in [-0.25, -0.2) is 0 Å². The van der Waals surface area contributed by atoms with Gasteiger partial charge in [0.05, 0.1) is 0 Å². The van der Waals surface area contributed by atoms with Crippen LogP contribution in [-0.2, 0) is 0 Å². The first-order valence-electron chi connectivity index (χ1n) is 4.41. The molecule has 0 unspecified atom stereocenters. The van der Waals surface area contributed by atoms with Crippen LogP contribution in [0.5, 0.6) is 0 Å². The molecular weight excluding hydrogens is 259 g/mol. The molecule has 0 N–H and O–H groups in total. The third-order valence-corrected chi connectivity index (χ3v) is 2.88. The van der Waals surface area contributed by atoms with E-state index in [9.17, 15) is 12.9 Å². The fourth-order valence-electron chi connectivity index (χ4n) is 1.31. The minimum Gasteiger partial charge on any atom is -0.445 e. The predicted molar refractivity (Wildman–Crippen MR) is 59.9 cm³/mol. The Morgan fingerprint density at radius 3 is 2.56 bits per heavy atom. The summed E-state index contributed by atoms with van der Waals surface area (Å²) in [4.78, 5) is 0. The molecule has 0 bridgehead atoms. The Hall–Kier alpha value is 0.411. The smallest absolute Gasteiger partial charge is 0.445 e. The molecule has 2 rings (SSSR count). The van der Waals surface area contributed by atoms with E-state index in [1.165, 1.54) is 0 Å². The standard InChI is InChI=1S/C10H7BF3S.K/c12-11(13,14)5-3-8-1-2-10-9(7-8)4-6-15-10;/h1-7H;/q-1;+1/b5-3+;. The van der Waals surface area contributed by atoms with E-state index < -0.39 is 6.98 Å². The molecule has 0 saturated heterocycles. The molecule has 2 aromatic rings. The summed E-state index contributed by atoms with van der Waals surface area (Å²) in [6.07, 6.45) is 1.11. The summed E-state index contributed by atoms with van der Waals surface area (Å²) in [6, 6.07) is 7.18. The van der Waals surface area contributed by atoms with Crippen molar-refractivity contribution in [1.82, 2.24) is 0 Å². The summed E-state index contributed by atoms with van der Waals surface area (Å²) in [5, 5.41) is 2.91. The molecule has 78 valence electrons. The van der Waals surface area contributed by atoms with Gasteiger partial charge < -0.3 is 12.9 Å². The number of benzene rings is 1. The number of hydrogen-bond donors (Lipinski definition) is 0. The molecule has 0 aliphatic carbocycles. The summed E-state index contributed by atoms with van der Waals surface area (Å²) < 4.78 is 37.0. The van der Waals surface area contributed by atoms with E-state index in [1.54, 1.807) is 23.5 Å². The van der Waals surface area contributed by atoms with Crippen LogP contribution in [0.15, 0.2) is 35.6 Å². The molecule has 16 heavy (non-hydrogen) atoms. The minimum atomic E-state index is -4.84. The van der Waals surface area contributed by atoms with Gasteiger partial charge in [0.2, 0.25) is 0 Å². The molecule has 1 aromatic heterocycles. The molecule has 0 saturated carbocycles.